The SMILES string of the molecule is C=C(C)C#C[C@H](O)c1ccc(Cl)cc1. The van der Waals surface area contributed by atoms with Crippen LogP contribution in [0.4, 0.5) is 0 Å². The average molecular weight is 207 g/mol. The molecule has 0 unspecified atom stereocenters. The minimum atomic E-state index is -0.774. The van der Waals surface area contributed by atoms with Gasteiger partial charge in [-0.1, -0.05) is 42.2 Å². The van der Waals surface area contributed by atoms with Crippen molar-refractivity contribution in [2.75, 3.05) is 0 Å². The molecule has 0 aliphatic carbocycles. The third kappa shape index (κ3) is 3.26. The second-order valence-electron chi connectivity index (χ2n) is 3.00. The molecule has 0 radical (unpaired) electrons. The summed E-state index contributed by atoms with van der Waals surface area (Å²) in [5.41, 5.74) is 1.47. The summed E-state index contributed by atoms with van der Waals surface area (Å²) in [5.74, 6) is 5.41. The van der Waals surface area contributed by atoms with E-state index >= 15 is 0 Å². The minimum Gasteiger partial charge on any atom is -0.376 e. The number of halogens is 1. The van der Waals surface area contributed by atoms with Gasteiger partial charge in [-0.3, -0.25) is 0 Å². The van der Waals surface area contributed by atoms with Gasteiger partial charge in [0.1, 0.15) is 6.10 Å². The van der Waals surface area contributed by atoms with Crippen LogP contribution in [-0.2, 0) is 0 Å². The van der Waals surface area contributed by atoms with Crippen LogP contribution in [0, 0.1) is 11.8 Å². The number of aliphatic hydroxyl groups excluding tert-OH is 1. The van der Waals surface area contributed by atoms with Crippen molar-refractivity contribution in [2.45, 2.75) is 13.0 Å². The first-order valence-corrected chi connectivity index (χ1v) is 4.58. The molecule has 0 amide bonds. The Labute approximate surface area is 89.0 Å². The number of hydrogen-bond acceptors (Lipinski definition) is 1. The molecule has 1 N–H and O–H groups in total. The van der Waals surface area contributed by atoms with Crippen LogP contribution in [0.15, 0.2) is 36.4 Å². The summed E-state index contributed by atoms with van der Waals surface area (Å²) < 4.78 is 0. The quantitative estimate of drug-likeness (QED) is 0.701. The van der Waals surface area contributed by atoms with E-state index < -0.39 is 6.10 Å². The van der Waals surface area contributed by atoms with Crippen LogP contribution in [0.2, 0.25) is 5.02 Å². The number of hydrogen-bond donors (Lipinski definition) is 1. The molecule has 72 valence electrons. The lowest BCUT2D eigenvalue weighted by Crippen LogP contribution is -1.92. The van der Waals surface area contributed by atoms with E-state index in [1.54, 1.807) is 31.2 Å². The maximum Gasteiger partial charge on any atom is 0.140 e. The minimum absolute atomic E-state index is 0.647. The highest BCUT2D eigenvalue weighted by Gasteiger charge is 2.01. The van der Waals surface area contributed by atoms with Gasteiger partial charge >= 0.3 is 0 Å². The molecule has 1 aromatic rings. The van der Waals surface area contributed by atoms with Crippen molar-refractivity contribution < 1.29 is 5.11 Å². The van der Waals surface area contributed by atoms with Crippen LogP contribution in [-0.4, -0.2) is 5.11 Å². The molecular weight excluding hydrogens is 196 g/mol. The first-order valence-electron chi connectivity index (χ1n) is 4.20. The summed E-state index contributed by atoms with van der Waals surface area (Å²) in [6.45, 7) is 5.42. The van der Waals surface area contributed by atoms with E-state index in [0.29, 0.717) is 5.02 Å². The Hall–Kier alpha value is -1.23. The second-order valence-corrected chi connectivity index (χ2v) is 3.44. The summed E-state index contributed by atoms with van der Waals surface area (Å²) in [6.07, 6.45) is -0.774. The summed E-state index contributed by atoms with van der Waals surface area (Å²) >= 11 is 5.71. The maximum atomic E-state index is 9.60. The van der Waals surface area contributed by atoms with Crippen molar-refractivity contribution in [2.24, 2.45) is 0 Å². The van der Waals surface area contributed by atoms with Crippen molar-refractivity contribution >= 4 is 11.6 Å². The molecule has 1 rings (SSSR count). The first-order chi connectivity index (χ1) is 6.59. The lowest BCUT2D eigenvalue weighted by atomic mass is 10.1. The van der Waals surface area contributed by atoms with Gasteiger partial charge in [0.2, 0.25) is 0 Å². The van der Waals surface area contributed by atoms with Crippen molar-refractivity contribution in [3.8, 4) is 11.8 Å². The monoisotopic (exact) mass is 206 g/mol. The van der Waals surface area contributed by atoms with E-state index in [2.05, 4.69) is 18.4 Å². The van der Waals surface area contributed by atoms with Crippen molar-refractivity contribution in [3.05, 3.63) is 47.0 Å². The predicted molar refractivity (Wildman–Crippen MR) is 59.0 cm³/mol. The number of aliphatic hydroxyl groups is 1. The first kappa shape index (κ1) is 10.8. The molecule has 14 heavy (non-hydrogen) atoms. The van der Waals surface area contributed by atoms with E-state index in [-0.39, 0.29) is 0 Å². The van der Waals surface area contributed by atoms with Crippen molar-refractivity contribution in [1.29, 1.82) is 0 Å². The van der Waals surface area contributed by atoms with E-state index in [4.69, 9.17) is 11.6 Å². The standard InChI is InChI=1S/C12H11ClO/c1-9(2)3-8-12(14)10-4-6-11(13)7-5-10/h4-7,12,14H,1H2,2H3/t12-/m0/s1. The number of allylic oxidation sites excluding steroid dienone is 1. The van der Waals surface area contributed by atoms with E-state index in [9.17, 15) is 5.11 Å². The molecular formula is C12H11ClO. The Morgan fingerprint density at radius 3 is 2.50 bits per heavy atom. The van der Waals surface area contributed by atoms with Crippen LogP contribution < -0.4 is 0 Å². The molecule has 0 aliphatic heterocycles. The Kier molecular flexibility index (Phi) is 3.76. The zero-order valence-electron chi connectivity index (χ0n) is 7.92. The van der Waals surface area contributed by atoms with Gasteiger partial charge in [0.25, 0.3) is 0 Å². The topological polar surface area (TPSA) is 20.2 Å². The molecule has 0 saturated heterocycles. The number of benzene rings is 1. The van der Waals surface area contributed by atoms with Gasteiger partial charge in [-0.05, 0) is 30.2 Å². The van der Waals surface area contributed by atoms with Crippen LogP contribution in [0.5, 0.6) is 0 Å². The highest BCUT2D eigenvalue weighted by Crippen LogP contribution is 2.15. The van der Waals surface area contributed by atoms with Crippen LogP contribution >= 0.6 is 11.6 Å². The van der Waals surface area contributed by atoms with Crippen LogP contribution in [0.25, 0.3) is 0 Å². The lowest BCUT2D eigenvalue weighted by molar-refractivity contribution is 0.238. The molecule has 0 heterocycles. The van der Waals surface area contributed by atoms with E-state index in [0.717, 1.165) is 11.1 Å². The zero-order chi connectivity index (χ0) is 10.6. The van der Waals surface area contributed by atoms with Gasteiger partial charge in [0, 0.05) is 5.02 Å². The molecule has 0 aromatic heterocycles. The molecule has 2 heteroatoms. The largest absolute Gasteiger partial charge is 0.376 e. The summed E-state index contributed by atoms with van der Waals surface area (Å²) in [5, 5.41) is 10.2. The highest BCUT2D eigenvalue weighted by atomic mass is 35.5. The van der Waals surface area contributed by atoms with Gasteiger partial charge in [0.15, 0.2) is 0 Å². The summed E-state index contributed by atoms with van der Waals surface area (Å²) in [6, 6.07) is 6.95. The van der Waals surface area contributed by atoms with Gasteiger partial charge < -0.3 is 5.11 Å². The van der Waals surface area contributed by atoms with Crippen LogP contribution in [0.1, 0.15) is 18.6 Å². The molecule has 1 atom stereocenters. The average Bonchev–Trinajstić information content (AvgIpc) is 2.15. The molecule has 1 nitrogen and oxygen atoms in total. The highest BCUT2D eigenvalue weighted by molar-refractivity contribution is 6.30. The number of rotatable bonds is 1. The summed E-state index contributed by atoms with van der Waals surface area (Å²) in [4.78, 5) is 0. The molecule has 0 aliphatic rings. The molecule has 0 bridgehead atoms. The van der Waals surface area contributed by atoms with Gasteiger partial charge in [-0.25, -0.2) is 0 Å². The zero-order valence-corrected chi connectivity index (χ0v) is 8.67. The fraction of sp³-hybridized carbons (Fsp3) is 0.167. The lowest BCUT2D eigenvalue weighted by Gasteiger charge is -2.02. The third-order valence-electron chi connectivity index (χ3n) is 1.61. The molecule has 0 spiro atoms. The molecule has 0 saturated carbocycles. The Bertz CT molecular complexity index is 381. The van der Waals surface area contributed by atoms with E-state index in [1.807, 2.05) is 0 Å². The third-order valence-corrected chi connectivity index (χ3v) is 1.86. The fourth-order valence-corrected chi connectivity index (χ4v) is 1.05. The Morgan fingerprint density at radius 1 is 1.43 bits per heavy atom. The van der Waals surface area contributed by atoms with Crippen LogP contribution in [0.3, 0.4) is 0 Å². The Morgan fingerprint density at radius 2 is 2.00 bits per heavy atom. The summed E-state index contributed by atoms with van der Waals surface area (Å²) in [7, 11) is 0. The fourth-order valence-electron chi connectivity index (χ4n) is 0.920. The predicted octanol–water partition coefficient (Wildman–Crippen LogP) is 2.95. The normalized spacial score (nSPS) is 11.4. The van der Waals surface area contributed by atoms with Gasteiger partial charge in [-0.2, -0.15) is 0 Å². The van der Waals surface area contributed by atoms with E-state index in [1.165, 1.54) is 0 Å². The van der Waals surface area contributed by atoms with Gasteiger partial charge in [-0.15, -0.1) is 0 Å². The van der Waals surface area contributed by atoms with Gasteiger partial charge in [0.05, 0.1) is 0 Å². The van der Waals surface area contributed by atoms with Crippen molar-refractivity contribution in [1.82, 2.24) is 0 Å². The smallest absolute Gasteiger partial charge is 0.140 e. The second kappa shape index (κ2) is 4.85. The Balaban J connectivity index is 2.81. The molecule has 0 fully saturated rings. The maximum absolute atomic E-state index is 9.60. The van der Waals surface area contributed by atoms with Crippen molar-refractivity contribution in [3.63, 3.8) is 0 Å². The molecule has 1 aromatic carbocycles.